The van der Waals surface area contributed by atoms with Gasteiger partial charge in [-0.15, -0.1) is 0 Å². The Morgan fingerprint density at radius 2 is 2.16 bits per heavy atom. The monoisotopic (exact) mass is 431 g/mol. The van der Waals surface area contributed by atoms with Gasteiger partial charge in [-0.3, -0.25) is 4.99 Å². The van der Waals surface area contributed by atoms with Crippen LogP contribution in [0.5, 0.6) is 0 Å². The minimum atomic E-state index is -3.17. The molecule has 1 fully saturated rings. The Bertz CT molecular complexity index is 696. The third kappa shape index (κ3) is 6.83. The predicted molar refractivity (Wildman–Crippen MR) is 107 cm³/mol. The third-order valence-electron chi connectivity index (χ3n) is 3.81. The first-order valence-electron chi connectivity index (χ1n) is 8.38. The van der Waals surface area contributed by atoms with Crippen molar-refractivity contribution in [2.75, 3.05) is 43.9 Å². The van der Waals surface area contributed by atoms with Crippen molar-refractivity contribution < 1.29 is 8.42 Å². The van der Waals surface area contributed by atoms with E-state index in [2.05, 4.69) is 53.3 Å². The van der Waals surface area contributed by atoms with Gasteiger partial charge in [-0.25, -0.2) is 13.1 Å². The van der Waals surface area contributed by atoms with Crippen LogP contribution in [0.1, 0.15) is 13.3 Å². The van der Waals surface area contributed by atoms with Gasteiger partial charge in [0.15, 0.2) is 5.96 Å². The molecule has 2 rings (SSSR count). The molecule has 140 valence electrons. The van der Waals surface area contributed by atoms with Gasteiger partial charge in [-0.05, 0) is 41.4 Å². The smallest absolute Gasteiger partial charge is 0.208 e. The SMILES string of the molecule is CCNC(=NCCNS(C)(=O)=O)NC1CCN(c2ccccc2Br)C1. The number of nitrogens with one attached hydrogen (secondary N) is 3. The molecule has 0 saturated carbocycles. The maximum Gasteiger partial charge on any atom is 0.208 e. The summed E-state index contributed by atoms with van der Waals surface area (Å²) < 4.78 is 25.7. The van der Waals surface area contributed by atoms with Crippen LogP contribution in [-0.4, -0.2) is 59.4 Å². The van der Waals surface area contributed by atoms with Gasteiger partial charge in [0.05, 0.1) is 18.5 Å². The lowest BCUT2D eigenvalue weighted by Gasteiger charge is -2.21. The number of halogens is 1. The fraction of sp³-hybridized carbons (Fsp3) is 0.562. The predicted octanol–water partition coefficient (Wildman–Crippen LogP) is 1.13. The Balaban J connectivity index is 1.89. The van der Waals surface area contributed by atoms with Gasteiger partial charge in [0.25, 0.3) is 0 Å². The Morgan fingerprint density at radius 3 is 2.84 bits per heavy atom. The molecule has 0 radical (unpaired) electrons. The van der Waals surface area contributed by atoms with E-state index >= 15 is 0 Å². The highest BCUT2D eigenvalue weighted by molar-refractivity contribution is 9.10. The summed E-state index contributed by atoms with van der Waals surface area (Å²) in [4.78, 5) is 6.78. The molecule has 0 aromatic heterocycles. The largest absolute Gasteiger partial charge is 0.368 e. The zero-order chi connectivity index (χ0) is 18.3. The van der Waals surface area contributed by atoms with Crippen molar-refractivity contribution in [1.29, 1.82) is 0 Å². The van der Waals surface area contributed by atoms with Crippen LogP contribution in [0.4, 0.5) is 5.69 Å². The van der Waals surface area contributed by atoms with E-state index in [1.807, 2.05) is 19.1 Å². The fourth-order valence-corrected chi connectivity index (χ4v) is 3.71. The Kier molecular flexibility index (Phi) is 7.52. The molecule has 0 amide bonds. The molecule has 9 heteroatoms. The molecule has 1 aliphatic heterocycles. The lowest BCUT2D eigenvalue weighted by molar-refractivity contribution is 0.588. The molecule has 1 heterocycles. The highest BCUT2D eigenvalue weighted by Crippen LogP contribution is 2.28. The summed E-state index contributed by atoms with van der Waals surface area (Å²) in [5.41, 5.74) is 1.20. The molecule has 1 atom stereocenters. The van der Waals surface area contributed by atoms with E-state index in [-0.39, 0.29) is 0 Å². The van der Waals surface area contributed by atoms with Crippen LogP contribution < -0.4 is 20.3 Å². The molecule has 1 aromatic rings. The van der Waals surface area contributed by atoms with Crippen LogP contribution in [-0.2, 0) is 10.0 Å². The molecule has 0 bridgehead atoms. The molecule has 1 saturated heterocycles. The second-order valence-corrected chi connectivity index (χ2v) is 8.64. The lowest BCUT2D eigenvalue weighted by atomic mass is 10.3. The van der Waals surface area contributed by atoms with Crippen LogP contribution >= 0.6 is 15.9 Å². The van der Waals surface area contributed by atoms with Crippen LogP contribution in [0.2, 0.25) is 0 Å². The molecule has 1 aromatic carbocycles. The summed E-state index contributed by atoms with van der Waals surface area (Å²) >= 11 is 3.61. The number of benzene rings is 1. The van der Waals surface area contributed by atoms with Crippen molar-refractivity contribution in [2.45, 2.75) is 19.4 Å². The van der Waals surface area contributed by atoms with Crippen molar-refractivity contribution in [1.82, 2.24) is 15.4 Å². The Morgan fingerprint density at radius 1 is 1.40 bits per heavy atom. The standard InChI is InChI=1S/C16H26BrN5O2S/c1-3-18-16(19-9-10-20-25(2,23)24)21-13-8-11-22(12-13)15-7-5-4-6-14(15)17/h4-7,13,20H,3,8-12H2,1-2H3,(H2,18,19,21). The van der Waals surface area contributed by atoms with Crippen molar-refractivity contribution in [3.63, 3.8) is 0 Å². The van der Waals surface area contributed by atoms with Gasteiger partial charge in [0.1, 0.15) is 0 Å². The van der Waals surface area contributed by atoms with Gasteiger partial charge < -0.3 is 15.5 Å². The van der Waals surface area contributed by atoms with E-state index in [0.717, 1.165) is 42.7 Å². The molecule has 0 spiro atoms. The zero-order valence-electron chi connectivity index (χ0n) is 14.6. The third-order valence-corrected chi connectivity index (χ3v) is 5.21. The van der Waals surface area contributed by atoms with E-state index in [1.165, 1.54) is 5.69 Å². The molecule has 7 nitrogen and oxygen atoms in total. The van der Waals surface area contributed by atoms with Gasteiger partial charge in [-0.1, -0.05) is 12.1 Å². The summed E-state index contributed by atoms with van der Waals surface area (Å²) in [5.74, 6) is 0.719. The summed E-state index contributed by atoms with van der Waals surface area (Å²) in [7, 11) is -3.17. The van der Waals surface area contributed by atoms with Crippen molar-refractivity contribution in [3.05, 3.63) is 28.7 Å². The topological polar surface area (TPSA) is 85.8 Å². The van der Waals surface area contributed by atoms with Crippen molar-refractivity contribution in [3.8, 4) is 0 Å². The van der Waals surface area contributed by atoms with E-state index < -0.39 is 10.0 Å². The summed E-state index contributed by atoms with van der Waals surface area (Å²) in [6, 6.07) is 8.52. The van der Waals surface area contributed by atoms with Crippen LogP contribution in [0.3, 0.4) is 0 Å². The van der Waals surface area contributed by atoms with Gasteiger partial charge >= 0.3 is 0 Å². The van der Waals surface area contributed by atoms with Crippen molar-refractivity contribution >= 4 is 37.6 Å². The number of guanidine groups is 1. The number of nitrogens with zero attached hydrogens (tertiary/aromatic N) is 2. The maximum atomic E-state index is 11.1. The number of anilines is 1. The zero-order valence-corrected chi connectivity index (χ0v) is 17.0. The quantitative estimate of drug-likeness (QED) is 0.342. The minimum Gasteiger partial charge on any atom is -0.368 e. The number of sulfonamides is 1. The first kappa shape index (κ1) is 20.0. The molecule has 1 aliphatic rings. The fourth-order valence-electron chi connectivity index (χ4n) is 2.72. The van der Waals surface area contributed by atoms with E-state index in [1.54, 1.807) is 0 Å². The van der Waals surface area contributed by atoms with E-state index in [0.29, 0.717) is 19.1 Å². The number of hydrogen-bond donors (Lipinski definition) is 3. The lowest BCUT2D eigenvalue weighted by Crippen LogP contribution is -2.45. The normalized spacial score (nSPS) is 18.4. The Hall–Kier alpha value is -1.32. The van der Waals surface area contributed by atoms with Gasteiger partial charge in [0, 0.05) is 36.7 Å². The average molecular weight is 432 g/mol. The highest BCUT2D eigenvalue weighted by Gasteiger charge is 2.24. The molecule has 25 heavy (non-hydrogen) atoms. The highest BCUT2D eigenvalue weighted by atomic mass is 79.9. The second-order valence-electron chi connectivity index (χ2n) is 5.95. The number of rotatable bonds is 7. The summed E-state index contributed by atoms with van der Waals surface area (Å²) in [6.07, 6.45) is 2.17. The molecule has 3 N–H and O–H groups in total. The number of para-hydroxylation sites is 1. The number of hydrogen-bond acceptors (Lipinski definition) is 4. The molecule has 1 unspecified atom stereocenters. The average Bonchev–Trinajstić information content (AvgIpc) is 2.99. The van der Waals surface area contributed by atoms with Crippen LogP contribution in [0, 0.1) is 0 Å². The minimum absolute atomic E-state index is 0.295. The second kappa shape index (κ2) is 9.40. The van der Waals surface area contributed by atoms with E-state index in [4.69, 9.17) is 0 Å². The van der Waals surface area contributed by atoms with E-state index in [9.17, 15) is 8.42 Å². The van der Waals surface area contributed by atoms with Crippen LogP contribution in [0.15, 0.2) is 33.7 Å². The van der Waals surface area contributed by atoms with Crippen molar-refractivity contribution in [2.24, 2.45) is 4.99 Å². The summed E-state index contributed by atoms with van der Waals surface area (Å²) in [6.45, 7) is 5.33. The Labute approximate surface area is 158 Å². The summed E-state index contributed by atoms with van der Waals surface area (Å²) in [5, 5.41) is 6.65. The number of aliphatic imine (C=N–C) groups is 1. The van der Waals surface area contributed by atoms with Gasteiger partial charge in [0.2, 0.25) is 10.0 Å². The molecular formula is C16H26BrN5O2S. The molecular weight excluding hydrogens is 406 g/mol. The molecule has 0 aliphatic carbocycles. The van der Waals surface area contributed by atoms with Gasteiger partial charge in [-0.2, -0.15) is 0 Å². The maximum absolute atomic E-state index is 11.1. The first-order valence-corrected chi connectivity index (χ1v) is 11.1. The van der Waals surface area contributed by atoms with Crippen LogP contribution in [0.25, 0.3) is 0 Å². The first-order chi connectivity index (χ1) is 11.9.